The summed E-state index contributed by atoms with van der Waals surface area (Å²) in [6.07, 6.45) is 2.70. The van der Waals surface area contributed by atoms with Crippen LogP contribution in [0.15, 0.2) is 42.6 Å². The van der Waals surface area contributed by atoms with Gasteiger partial charge in [-0.25, -0.2) is 4.98 Å². The van der Waals surface area contributed by atoms with Gasteiger partial charge in [0, 0.05) is 62.8 Å². The zero-order valence-corrected chi connectivity index (χ0v) is 28.5. The van der Waals surface area contributed by atoms with E-state index in [-0.39, 0.29) is 17.2 Å². The smallest absolute Gasteiger partial charge is 0.421 e. The number of carbonyl (C=O) groups is 1. The van der Waals surface area contributed by atoms with Crippen LogP contribution in [0.1, 0.15) is 53.6 Å². The van der Waals surface area contributed by atoms with Crippen molar-refractivity contribution in [2.75, 3.05) is 62.9 Å². The highest BCUT2D eigenvalue weighted by atomic mass is 19.4. The lowest BCUT2D eigenvalue weighted by Crippen LogP contribution is -2.66. The SMILES string of the molecule is CNC(=O)c1cccc(C)c1Nc1nc(Nc2ccc(N3CCN(C4C5CC6CC4CC(NC)(C6)C5)CC3)cc2OC)ncc1C(F)(F)F. The molecule has 262 valence electrons. The number of hydrogen-bond acceptors (Lipinski definition) is 9. The monoisotopic (exact) mass is 678 g/mol. The second-order valence-electron chi connectivity index (χ2n) is 14.2. The Bertz CT molecular complexity index is 1690. The summed E-state index contributed by atoms with van der Waals surface area (Å²) in [4.78, 5) is 25.8. The van der Waals surface area contributed by atoms with Crippen LogP contribution < -0.4 is 30.9 Å². The molecule has 8 rings (SSSR count). The van der Waals surface area contributed by atoms with E-state index < -0.39 is 23.5 Å². The predicted octanol–water partition coefficient (Wildman–Crippen LogP) is 5.95. The predicted molar refractivity (Wildman–Crippen MR) is 184 cm³/mol. The van der Waals surface area contributed by atoms with Gasteiger partial charge in [-0.15, -0.1) is 0 Å². The van der Waals surface area contributed by atoms with Gasteiger partial charge in [0.2, 0.25) is 5.95 Å². The van der Waals surface area contributed by atoms with E-state index >= 15 is 0 Å². The van der Waals surface area contributed by atoms with Gasteiger partial charge in [-0.1, -0.05) is 12.1 Å². The lowest BCUT2D eigenvalue weighted by molar-refractivity contribution is -0.137. The molecule has 1 saturated heterocycles. The number of carbonyl (C=O) groups excluding carboxylic acids is 1. The quantitative estimate of drug-likeness (QED) is 0.219. The first-order valence-electron chi connectivity index (χ1n) is 17.2. The highest BCUT2D eigenvalue weighted by Gasteiger charge is 2.56. The Labute approximate surface area is 285 Å². The minimum Gasteiger partial charge on any atom is -0.494 e. The molecule has 0 spiro atoms. The summed E-state index contributed by atoms with van der Waals surface area (Å²) in [6, 6.07) is 11.4. The molecule has 1 aliphatic heterocycles. The van der Waals surface area contributed by atoms with Crippen LogP contribution in [-0.2, 0) is 6.18 Å². The summed E-state index contributed by atoms with van der Waals surface area (Å²) in [5.74, 6) is 2.01. The fraction of sp³-hybridized carbons (Fsp3) is 0.528. The molecule has 5 aliphatic rings. The zero-order chi connectivity index (χ0) is 34.5. The maximum Gasteiger partial charge on any atom is 0.421 e. The molecule has 3 aromatic rings. The Kier molecular flexibility index (Phi) is 8.85. The summed E-state index contributed by atoms with van der Waals surface area (Å²) in [6.45, 7) is 5.58. The third-order valence-electron chi connectivity index (χ3n) is 11.4. The van der Waals surface area contributed by atoms with Gasteiger partial charge in [0.05, 0.1) is 24.0 Å². The maximum absolute atomic E-state index is 14.1. The van der Waals surface area contributed by atoms with Crippen LogP contribution in [0.2, 0.25) is 0 Å². The van der Waals surface area contributed by atoms with Crippen LogP contribution in [0.5, 0.6) is 5.75 Å². The topological polar surface area (TPSA) is 107 Å². The van der Waals surface area contributed by atoms with Crippen molar-refractivity contribution in [3.63, 3.8) is 0 Å². The number of para-hydroxylation sites is 1. The summed E-state index contributed by atoms with van der Waals surface area (Å²) in [5.41, 5.74) is 1.86. The number of ether oxygens (including phenoxy) is 1. The second kappa shape index (κ2) is 13.0. The molecular formula is C36H45F3N8O2. The lowest BCUT2D eigenvalue weighted by atomic mass is 9.50. The van der Waals surface area contributed by atoms with Gasteiger partial charge in [-0.2, -0.15) is 18.2 Å². The highest BCUT2D eigenvalue weighted by Crippen LogP contribution is 2.57. The van der Waals surface area contributed by atoms with Crippen LogP contribution in [0.4, 0.5) is 42.0 Å². The van der Waals surface area contributed by atoms with E-state index in [2.05, 4.69) is 48.1 Å². The fourth-order valence-corrected chi connectivity index (χ4v) is 9.30. The van der Waals surface area contributed by atoms with Crippen LogP contribution in [0, 0.1) is 24.7 Å². The summed E-state index contributed by atoms with van der Waals surface area (Å²) < 4.78 is 47.9. The van der Waals surface area contributed by atoms with Gasteiger partial charge in [0.1, 0.15) is 17.1 Å². The molecule has 4 bridgehead atoms. The van der Waals surface area contributed by atoms with E-state index in [0.29, 0.717) is 28.6 Å². The number of amides is 1. The Hall–Kier alpha value is -4.10. The van der Waals surface area contributed by atoms with E-state index in [9.17, 15) is 18.0 Å². The van der Waals surface area contributed by atoms with Gasteiger partial charge in [-0.05, 0) is 87.6 Å². The molecule has 2 aromatic carbocycles. The number of anilines is 5. The molecule has 4 N–H and O–H groups in total. The fourth-order valence-electron chi connectivity index (χ4n) is 9.30. The summed E-state index contributed by atoms with van der Waals surface area (Å²) in [7, 11) is 5.17. The Morgan fingerprint density at radius 2 is 1.73 bits per heavy atom. The standard InChI is InChI=1S/C36H45F3N8O2/c1-21-6-5-7-26(33(48)40-2)30(21)44-32-27(36(37,38)39)20-42-34(45-32)43-28-9-8-25(16-29(28)49-4)46-10-12-47(13-11-46)31-23-14-22-15-24(31)19-35(17-22,18-23)41-3/h5-9,16,20,22-24,31,41H,10-15,17-19H2,1-4H3,(H,40,48)(H2,42,43,44,45). The van der Waals surface area contributed by atoms with Crippen molar-refractivity contribution in [1.29, 1.82) is 0 Å². The molecule has 4 aliphatic carbocycles. The summed E-state index contributed by atoms with van der Waals surface area (Å²) >= 11 is 0. The summed E-state index contributed by atoms with van der Waals surface area (Å²) in [5, 5.41) is 12.1. The number of alkyl halides is 3. The van der Waals surface area contributed by atoms with Gasteiger partial charge in [0.25, 0.3) is 5.91 Å². The first kappa shape index (κ1) is 33.4. The number of aryl methyl sites for hydroxylation is 1. The van der Waals surface area contributed by atoms with Gasteiger partial charge in [-0.3, -0.25) is 9.69 Å². The molecule has 1 amide bonds. The first-order chi connectivity index (χ1) is 23.5. The number of rotatable bonds is 9. The Morgan fingerprint density at radius 1 is 1.00 bits per heavy atom. The third-order valence-corrected chi connectivity index (χ3v) is 11.4. The van der Waals surface area contributed by atoms with E-state index in [0.717, 1.165) is 55.8 Å². The Balaban J connectivity index is 1.06. The van der Waals surface area contributed by atoms with E-state index in [4.69, 9.17) is 4.74 Å². The van der Waals surface area contributed by atoms with Crippen LogP contribution in [-0.4, -0.2) is 79.7 Å². The van der Waals surface area contributed by atoms with Crippen molar-refractivity contribution in [1.82, 2.24) is 25.5 Å². The molecule has 5 fully saturated rings. The molecule has 10 nitrogen and oxygen atoms in total. The molecule has 4 saturated carbocycles. The largest absolute Gasteiger partial charge is 0.494 e. The van der Waals surface area contributed by atoms with Crippen molar-refractivity contribution in [2.45, 2.75) is 56.8 Å². The van der Waals surface area contributed by atoms with E-state index in [1.165, 1.54) is 45.2 Å². The van der Waals surface area contributed by atoms with Gasteiger partial charge < -0.3 is 30.9 Å². The maximum atomic E-state index is 14.1. The number of nitrogens with one attached hydrogen (secondary N) is 4. The number of nitrogens with zero attached hydrogens (tertiary/aromatic N) is 4. The zero-order valence-electron chi connectivity index (χ0n) is 28.5. The molecule has 49 heavy (non-hydrogen) atoms. The average molecular weight is 679 g/mol. The van der Waals surface area contributed by atoms with Crippen molar-refractivity contribution < 1.29 is 22.7 Å². The van der Waals surface area contributed by atoms with Crippen molar-refractivity contribution in [3.8, 4) is 5.75 Å². The third kappa shape index (κ3) is 6.38. The van der Waals surface area contributed by atoms with Gasteiger partial charge in [0.15, 0.2) is 0 Å². The second-order valence-corrected chi connectivity index (χ2v) is 14.2. The normalized spacial score (nSPS) is 26.5. The number of halogens is 3. The van der Waals surface area contributed by atoms with Crippen molar-refractivity contribution in [2.24, 2.45) is 17.8 Å². The number of aromatic nitrogens is 2. The molecule has 2 heterocycles. The molecule has 13 heteroatoms. The minimum absolute atomic E-state index is 0.0547. The molecule has 2 atom stereocenters. The Morgan fingerprint density at radius 3 is 2.39 bits per heavy atom. The van der Waals surface area contributed by atoms with Crippen molar-refractivity contribution >= 4 is 34.7 Å². The molecule has 0 radical (unpaired) electrons. The average Bonchev–Trinajstić information content (AvgIpc) is 3.08. The lowest BCUT2D eigenvalue weighted by Gasteiger charge is -2.62. The number of piperazine rings is 1. The highest BCUT2D eigenvalue weighted by molar-refractivity contribution is 6.00. The van der Waals surface area contributed by atoms with Crippen LogP contribution in [0.3, 0.4) is 0 Å². The number of hydrogen-bond donors (Lipinski definition) is 4. The van der Waals surface area contributed by atoms with Gasteiger partial charge >= 0.3 is 6.18 Å². The van der Waals surface area contributed by atoms with E-state index in [1.807, 2.05) is 18.2 Å². The van der Waals surface area contributed by atoms with Crippen LogP contribution in [0.25, 0.3) is 0 Å². The van der Waals surface area contributed by atoms with Crippen molar-refractivity contribution in [3.05, 3.63) is 59.3 Å². The van der Waals surface area contributed by atoms with E-state index in [1.54, 1.807) is 26.2 Å². The number of methoxy groups -OCH3 is 1. The molecule has 1 aromatic heterocycles. The minimum atomic E-state index is -4.73. The van der Waals surface area contributed by atoms with Crippen LogP contribution >= 0.6 is 0 Å². The molecular weight excluding hydrogens is 633 g/mol. The molecule has 2 unspecified atom stereocenters. The number of benzene rings is 2. The first-order valence-corrected chi connectivity index (χ1v) is 17.2.